The van der Waals surface area contributed by atoms with Gasteiger partial charge < -0.3 is 5.73 Å². The van der Waals surface area contributed by atoms with E-state index in [1.165, 1.54) is 6.42 Å². The van der Waals surface area contributed by atoms with Crippen molar-refractivity contribution in [1.29, 1.82) is 0 Å². The number of nitrogens with one attached hydrogen (secondary N) is 1. The molecule has 0 aromatic heterocycles. The third-order valence-corrected chi connectivity index (χ3v) is 6.43. The fourth-order valence-electron chi connectivity index (χ4n) is 3.15. The van der Waals surface area contributed by atoms with E-state index < -0.39 is 10.0 Å². The second kappa shape index (κ2) is 6.46. The molecule has 1 aliphatic rings. The van der Waals surface area contributed by atoms with E-state index in [0.29, 0.717) is 23.3 Å². The van der Waals surface area contributed by atoms with Crippen molar-refractivity contribution >= 4 is 10.0 Å². The normalized spacial score (nSPS) is 26.8. The minimum atomic E-state index is -3.46. The van der Waals surface area contributed by atoms with Crippen molar-refractivity contribution in [2.75, 3.05) is 0 Å². The molecule has 2 rings (SSSR count). The lowest BCUT2D eigenvalue weighted by Crippen LogP contribution is -2.43. The zero-order valence-electron chi connectivity index (χ0n) is 13.1. The van der Waals surface area contributed by atoms with Gasteiger partial charge in [0.15, 0.2) is 0 Å². The smallest absolute Gasteiger partial charge is 0.241 e. The highest BCUT2D eigenvalue weighted by Gasteiger charge is 2.31. The molecule has 1 fully saturated rings. The van der Waals surface area contributed by atoms with E-state index >= 15 is 0 Å². The minimum absolute atomic E-state index is 0.0346. The monoisotopic (exact) mass is 310 g/mol. The maximum absolute atomic E-state index is 12.6. The standard InChI is InChI=1S/C16H26N2O2S/c1-11-5-4-6-15(13(11)3)18-21(19,20)16-8-7-14(10-17)9-12(16)2/h7-9,11,13,15,18H,4-6,10,17H2,1-3H3. The predicted octanol–water partition coefficient (Wildman–Crippen LogP) is 2.56. The first kappa shape index (κ1) is 16.5. The summed E-state index contributed by atoms with van der Waals surface area (Å²) in [6.07, 6.45) is 3.19. The summed E-state index contributed by atoms with van der Waals surface area (Å²) in [6.45, 7) is 6.58. The summed E-state index contributed by atoms with van der Waals surface area (Å²) in [4.78, 5) is 0.366. The molecule has 21 heavy (non-hydrogen) atoms. The topological polar surface area (TPSA) is 72.2 Å². The number of hydrogen-bond donors (Lipinski definition) is 2. The van der Waals surface area contributed by atoms with Crippen LogP contribution in [0.1, 0.15) is 44.2 Å². The van der Waals surface area contributed by atoms with Crippen LogP contribution < -0.4 is 10.5 Å². The molecule has 0 aliphatic heterocycles. The Morgan fingerprint density at radius 1 is 1.29 bits per heavy atom. The summed E-state index contributed by atoms with van der Waals surface area (Å²) in [7, 11) is -3.46. The number of hydrogen-bond acceptors (Lipinski definition) is 3. The summed E-state index contributed by atoms with van der Waals surface area (Å²) in [5.41, 5.74) is 7.30. The van der Waals surface area contributed by atoms with Crippen molar-refractivity contribution in [1.82, 2.24) is 4.72 Å². The molecule has 1 aromatic rings. The molecule has 3 N–H and O–H groups in total. The van der Waals surface area contributed by atoms with Crippen LogP contribution in [0.2, 0.25) is 0 Å². The van der Waals surface area contributed by atoms with Gasteiger partial charge in [0.1, 0.15) is 0 Å². The first-order chi connectivity index (χ1) is 9.85. The van der Waals surface area contributed by atoms with Crippen molar-refractivity contribution in [3.63, 3.8) is 0 Å². The van der Waals surface area contributed by atoms with Gasteiger partial charge in [-0.05, 0) is 42.4 Å². The molecule has 0 saturated heterocycles. The Morgan fingerprint density at radius 3 is 2.62 bits per heavy atom. The first-order valence-corrected chi connectivity index (χ1v) is 9.15. The van der Waals surface area contributed by atoms with E-state index in [0.717, 1.165) is 24.0 Å². The van der Waals surface area contributed by atoms with Crippen LogP contribution in [-0.4, -0.2) is 14.5 Å². The Labute approximate surface area is 128 Å². The molecule has 0 amide bonds. The maximum Gasteiger partial charge on any atom is 0.241 e. The maximum atomic E-state index is 12.6. The second-order valence-electron chi connectivity index (χ2n) is 6.30. The van der Waals surface area contributed by atoms with Crippen LogP contribution in [-0.2, 0) is 16.6 Å². The van der Waals surface area contributed by atoms with Gasteiger partial charge in [0.2, 0.25) is 10.0 Å². The molecule has 1 aromatic carbocycles. The van der Waals surface area contributed by atoms with Gasteiger partial charge in [0, 0.05) is 12.6 Å². The van der Waals surface area contributed by atoms with Crippen LogP contribution in [0.25, 0.3) is 0 Å². The van der Waals surface area contributed by atoms with Gasteiger partial charge in [-0.3, -0.25) is 0 Å². The average Bonchev–Trinajstić information content (AvgIpc) is 2.43. The Morgan fingerprint density at radius 2 is 2.00 bits per heavy atom. The lowest BCUT2D eigenvalue weighted by Gasteiger charge is -2.34. The van der Waals surface area contributed by atoms with Gasteiger partial charge in [-0.25, -0.2) is 13.1 Å². The van der Waals surface area contributed by atoms with Crippen LogP contribution in [0.5, 0.6) is 0 Å². The molecule has 0 radical (unpaired) electrons. The first-order valence-electron chi connectivity index (χ1n) is 7.67. The van der Waals surface area contributed by atoms with Crippen molar-refractivity contribution in [3.05, 3.63) is 29.3 Å². The number of sulfonamides is 1. The lowest BCUT2D eigenvalue weighted by atomic mass is 9.78. The van der Waals surface area contributed by atoms with Gasteiger partial charge in [0.05, 0.1) is 4.90 Å². The summed E-state index contributed by atoms with van der Waals surface area (Å²) >= 11 is 0. The fourth-order valence-corrected chi connectivity index (χ4v) is 4.74. The zero-order chi connectivity index (χ0) is 15.6. The summed E-state index contributed by atoms with van der Waals surface area (Å²) in [6, 6.07) is 5.33. The van der Waals surface area contributed by atoms with Gasteiger partial charge >= 0.3 is 0 Å². The molecule has 0 heterocycles. The minimum Gasteiger partial charge on any atom is -0.326 e. The molecule has 3 atom stereocenters. The van der Waals surface area contributed by atoms with Crippen LogP contribution in [0.15, 0.2) is 23.1 Å². The summed E-state index contributed by atoms with van der Waals surface area (Å²) < 4.78 is 28.2. The predicted molar refractivity (Wildman–Crippen MR) is 85.4 cm³/mol. The van der Waals surface area contributed by atoms with Gasteiger partial charge in [-0.15, -0.1) is 0 Å². The van der Waals surface area contributed by atoms with E-state index in [2.05, 4.69) is 18.6 Å². The lowest BCUT2D eigenvalue weighted by molar-refractivity contribution is 0.227. The number of rotatable bonds is 4. The molecular formula is C16H26N2O2S. The van der Waals surface area contributed by atoms with Crippen molar-refractivity contribution in [2.45, 2.75) is 57.5 Å². The number of nitrogens with two attached hydrogens (primary N) is 1. The van der Waals surface area contributed by atoms with Crippen molar-refractivity contribution in [2.24, 2.45) is 17.6 Å². The molecule has 0 bridgehead atoms. The Hall–Kier alpha value is -0.910. The number of aryl methyl sites for hydroxylation is 1. The van der Waals surface area contributed by atoms with Gasteiger partial charge in [-0.1, -0.05) is 38.8 Å². The highest BCUT2D eigenvalue weighted by atomic mass is 32.2. The molecule has 3 unspecified atom stereocenters. The second-order valence-corrected chi connectivity index (χ2v) is 7.98. The Balaban J connectivity index is 2.22. The average molecular weight is 310 g/mol. The van der Waals surface area contributed by atoms with Gasteiger partial charge in [0.25, 0.3) is 0 Å². The molecule has 4 nitrogen and oxygen atoms in total. The highest BCUT2D eigenvalue weighted by Crippen LogP contribution is 2.30. The summed E-state index contributed by atoms with van der Waals surface area (Å²) in [5.74, 6) is 0.935. The molecule has 1 saturated carbocycles. The van der Waals surface area contributed by atoms with Crippen molar-refractivity contribution in [3.8, 4) is 0 Å². The van der Waals surface area contributed by atoms with E-state index in [1.54, 1.807) is 12.1 Å². The molecular weight excluding hydrogens is 284 g/mol. The van der Waals surface area contributed by atoms with Crippen LogP contribution in [0.4, 0.5) is 0 Å². The van der Waals surface area contributed by atoms with E-state index in [1.807, 2.05) is 13.0 Å². The molecule has 118 valence electrons. The SMILES string of the molecule is Cc1cc(CN)ccc1S(=O)(=O)NC1CCCC(C)C1C. The highest BCUT2D eigenvalue weighted by molar-refractivity contribution is 7.89. The third-order valence-electron chi connectivity index (χ3n) is 4.78. The van der Waals surface area contributed by atoms with Crippen LogP contribution >= 0.6 is 0 Å². The third kappa shape index (κ3) is 3.65. The largest absolute Gasteiger partial charge is 0.326 e. The van der Waals surface area contributed by atoms with E-state index in [4.69, 9.17) is 5.73 Å². The van der Waals surface area contributed by atoms with Crippen molar-refractivity contribution < 1.29 is 8.42 Å². The Bertz CT molecular complexity index is 598. The van der Waals surface area contributed by atoms with E-state index in [9.17, 15) is 8.42 Å². The Kier molecular flexibility index (Phi) is 5.07. The molecule has 5 heteroatoms. The van der Waals surface area contributed by atoms with Crippen LogP contribution in [0.3, 0.4) is 0 Å². The fraction of sp³-hybridized carbons (Fsp3) is 0.625. The van der Waals surface area contributed by atoms with E-state index in [-0.39, 0.29) is 6.04 Å². The molecule has 1 aliphatic carbocycles. The van der Waals surface area contributed by atoms with Gasteiger partial charge in [-0.2, -0.15) is 0 Å². The quantitative estimate of drug-likeness (QED) is 0.897. The van der Waals surface area contributed by atoms with Crippen LogP contribution in [0, 0.1) is 18.8 Å². The molecule has 0 spiro atoms. The number of benzene rings is 1. The summed E-state index contributed by atoms with van der Waals surface area (Å²) in [5, 5.41) is 0. The zero-order valence-corrected chi connectivity index (χ0v) is 13.9.